The van der Waals surface area contributed by atoms with Crippen LogP contribution in [0.1, 0.15) is 30.9 Å². The van der Waals surface area contributed by atoms with Crippen LogP contribution < -0.4 is 5.73 Å². The van der Waals surface area contributed by atoms with Gasteiger partial charge in [0.2, 0.25) is 0 Å². The molecule has 1 aliphatic rings. The summed E-state index contributed by atoms with van der Waals surface area (Å²) in [5, 5.41) is 0. The smallest absolute Gasteiger partial charge is 0.123 e. The molecule has 1 aromatic rings. The maximum Gasteiger partial charge on any atom is 0.123 e. The van der Waals surface area contributed by atoms with Crippen LogP contribution in [0.25, 0.3) is 0 Å². The van der Waals surface area contributed by atoms with Crippen LogP contribution in [0.2, 0.25) is 0 Å². The van der Waals surface area contributed by atoms with Crippen LogP contribution in [0, 0.1) is 5.82 Å². The lowest BCUT2D eigenvalue weighted by Crippen LogP contribution is -2.37. The number of benzene rings is 1. The van der Waals surface area contributed by atoms with Gasteiger partial charge in [-0.2, -0.15) is 0 Å². The summed E-state index contributed by atoms with van der Waals surface area (Å²) >= 11 is 3.49. The second-order valence-electron chi connectivity index (χ2n) is 4.51. The molecule has 0 spiro atoms. The van der Waals surface area contributed by atoms with Crippen LogP contribution in [0.3, 0.4) is 0 Å². The lowest BCUT2D eigenvalue weighted by Gasteiger charge is -2.34. The fourth-order valence-corrected chi connectivity index (χ4v) is 2.98. The molecule has 0 radical (unpaired) electrons. The van der Waals surface area contributed by atoms with Crippen LogP contribution in [-0.4, -0.2) is 24.5 Å². The van der Waals surface area contributed by atoms with Gasteiger partial charge in [0, 0.05) is 17.1 Å². The van der Waals surface area contributed by atoms with E-state index in [1.807, 2.05) is 0 Å². The van der Waals surface area contributed by atoms with Gasteiger partial charge in [0.05, 0.1) is 0 Å². The Morgan fingerprint density at radius 2 is 2.00 bits per heavy atom. The molecule has 1 saturated heterocycles. The van der Waals surface area contributed by atoms with Gasteiger partial charge in [-0.05, 0) is 49.7 Å². The molecular formula is C13H18BrFN2. The Morgan fingerprint density at radius 1 is 1.29 bits per heavy atom. The quantitative estimate of drug-likeness (QED) is 0.929. The highest BCUT2D eigenvalue weighted by molar-refractivity contribution is 9.10. The minimum absolute atomic E-state index is 0.125. The number of nitrogens with zero attached hydrogens (tertiary/aromatic N) is 1. The van der Waals surface area contributed by atoms with Gasteiger partial charge >= 0.3 is 0 Å². The first-order chi connectivity index (χ1) is 8.22. The zero-order valence-electron chi connectivity index (χ0n) is 9.83. The van der Waals surface area contributed by atoms with Gasteiger partial charge in [0.1, 0.15) is 5.82 Å². The first-order valence-electron chi connectivity index (χ1n) is 6.11. The molecule has 0 amide bonds. The number of halogens is 2. The second kappa shape index (κ2) is 5.94. The van der Waals surface area contributed by atoms with Crippen LogP contribution in [-0.2, 0) is 0 Å². The van der Waals surface area contributed by atoms with Crippen molar-refractivity contribution >= 4 is 15.9 Å². The summed E-state index contributed by atoms with van der Waals surface area (Å²) < 4.78 is 14.3. The standard InChI is InChI=1S/C13H18BrFN2/c14-12-5-4-10(15)8-11(12)13(9-16)17-6-2-1-3-7-17/h4-5,8,13H,1-3,6-7,9,16H2. The average molecular weight is 301 g/mol. The van der Waals surface area contributed by atoms with Gasteiger partial charge in [-0.1, -0.05) is 22.4 Å². The molecular weight excluding hydrogens is 283 g/mol. The van der Waals surface area contributed by atoms with E-state index < -0.39 is 0 Å². The third-order valence-corrected chi connectivity index (χ3v) is 4.09. The van der Waals surface area contributed by atoms with Crippen molar-refractivity contribution in [3.05, 3.63) is 34.1 Å². The third kappa shape index (κ3) is 3.06. The van der Waals surface area contributed by atoms with Gasteiger partial charge in [-0.3, -0.25) is 4.90 Å². The summed E-state index contributed by atoms with van der Waals surface area (Å²) in [4.78, 5) is 2.36. The predicted molar refractivity (Wildman–Crippen MR) is 71.3 cm³/mol. The molecule has 2 nitrogen and oxygen atoms in total. The van der Waals surface area contributed by atoms with E-state index in [2.05, 4.69) is 20.8 Å². The molecule has 0 aromatic heterocycles. The van der Waals surface area contributed by atoms with Crippen molar-refractivity contribution < 1.29 is 4.39 Å². The van der Waals surface area contributed by atoms with Gasteiger partial charge in [-0.15, -0.1) is 0 Å². The maximum atomic E-state index is 13.3. The van der Waals surface area contributed by atoms with Crippen molar-refractivity contribution in [3.8, 4) is 0 Å². The van der Waals surface area contributed by atoms with E-state index in [0.29, 0.717) is 6.54 Å². The normalized spacial score (nSPS) is 19.2. The van der Waals surface area contributed by atoms with E-state index in [9.17, 15) is 4.39 Å². The van der Waals surface area contributed by atoms with E-state index in [0.717, 1.165) is 23.1 Å². The second-order valence-corrected chi connectivity index (χ2v) is 5.37. The third-order valence-electron chi connectivity index (χ3n) is 3.37. The van der Waals surface area contributed by atoms with Crippen molar-refractivity contribution in [1.29, 1.82) is 0 Å². The molecule has 1 aliphatic heterocycles. The van der Waals surface area contributed by atoms with Crippen LogP contribution in [0.5, 0.6) is 0 Å². The number of hydrogen-bond donors (Lipinski definition) is 1. The number of likely N-dealkylation sites (tertiary alicyclic amines) is 1. The predicted octanol–water partition coefficient (Wildman–Crippen LogP) is 3.07. The van der Waals surface area contributed by atoms with E-state index in [1.165, 1.54) is 25.3 Å². The Bertz CT molecular complexity index is 378. The molecule has 1 fully saturated rings. The maximum absolute atomic E-state index is 13.3. The Hall–Kier alpha value is -0.450. The van der Waals surface area contributed by atoms with Crippen molar-refractivity contribution in [1.82, 2.24) is 4.90 Å². The average Bonchev–Trinajstić information content (AvgIpc) is 2.36. The summed E-state index contributed by atoms with van der Waals surface area (Å²) in [6.07, 6.45) is 3.71. The van der Waals surface area contributed by atoms with Crippen LogP contribution in [0.15, 0.2) is 22.7 Å². The Kier molecular flexibility index (Phi) is 4.54. The van der Waals surface area contributed by atoms with Crippen molar-refractivity contribution in [2.75, 3.05) is 19.6 Å². The minimum atomic E-state index is -0.196. The lowest BCUT2D eigenvalue weighted by molar-refractivity contribution is 0.167. The summed E-state index contributed by atoms with van der Waals surface area (Å²) in [7, 11) is 0. The minimum Gasteiger partial charge on any atom is -0.329 e. The van der Waals surface area contributed by atoms with E-state index in [1.54, 1.807) is 12.1 Å². The van der Waals surface area contributed by atoms with Crippen molar-refractivity contribution in [2.24, 2.45) is 5.73 Å². The molecule has 0 saturated carbocycles. The zero-order valence-corrected chi connectivity index (χ0v) is 11.4. The molecule has 0 bridgehead atoms. The molecule has 17 heavy (non-hydrogen) atoms. The highest BCUT2D eigenvalue weighted by Gasteiger charge is 2.22. The lowest BCUT2D eigenvalue weighted by atomic mass is 10.0. The summed E-state index contributed by atoms with van der Waals surface area (Å²) in [6, 6.07) is 4.95. The fraction of sp³-hybridized carbons (Fsp3) is 0.538. The van der Waals surface area contributed by atoms with Crippen LogP contribution in [0.4, 0.5) is 4.39 Å². The van der Waals surface area contributed by atoms with Crippen molar-refractivity contribution in [2.45, 2.75) is 25.3 Å². The van der Waals surface area contributed by atoms with Crippen molar-refractivity contribution in [3.63, 3.8) is 0 Å². The molecule has 4 heteroatoms. The first kappa shape index (κ1) is 13.0. The molecule has 1 heterocycles. The van der Waals surface area contributed by atoms with E-state index >= 15 is 0 Å². The number of nitrogens with two attached hydrogens (primary N) is 1. The van der Waals surface area contributed by atoms with Gasteiger partial charge in [0.25, 0.3) is 0 Å². The molecule has 0 aliphatic carbocycles. The Labute approximate surface area is 110 Å². The fourth-order valence-electron chi connectivity index (χ4n) is 2.47. The molecule has 2 rings (SSSR count). The van der Waals surface area contributed by atoms with Gasteiger partial charge in [-0.25, -0.2) is 4.39 Å². The van der Waals surface area contributed by atoms with E-state index in [4.69, 9.17) is 5.73 Å². The summed E-state index contributed by atoms with van der Waals surface area (Å²) in [5.74, 6) is -0.196. The summed E-state index contributed by atoms with van der Waals surface area (Å²) in [5.41, 5.74) is 6.84. The Morgan fingerprint density at radius 3 is 2.65 bits per heavy atom. The van der Waals surface area contributed by atoms with Gasteiger partial charge in [0.15, 0.2) is 0 Å². The highest BCUT2D eigenvalue weighted by atomic mass is 79.9. The highest BCUT2D eigenvalue weighted by Crippen LogP contribution is 2.29. The SMILES string of the molecule is NCC(c1cc(F)ccc1Br)N1CCCCC1. The monoisotopic (exact) mass is 300 g/mol. The molecule has 1 atom stereocenters. The molecule has 1 aromatic carbocycles. The molecule has 1 unspecified atom stereocenters. The number of piperidine rings is 1. The Balaban J connectivity index is 2.24. The topological polar surface area (TPSA) is 29.3 Å². The van der Waals surface area contributed by atoms with Gasteiger partial charge < -0.3 is 5.73 Å². The van der Waals surface area contributed by atoms with E-state index in [-0.39, 0.29) is 11.9 Å². The zero-order chi connectivity index (χ0) is 12.3. The number of hydrogen-bond acceptors (Lipinski definition) is 2. The molecule has 2 N–H and O–H groups in total. The number of rotatable bonds is 3. The summed E-state index contributed by atoms with van der Waals surface area (Å²) in [6.45, 7) is 2.65. The molecule has 94 valence electrons. The largest absolute Gasteiger partial charge is 0.329 e. The first-order valence-corrected chi connectivity index (χ1v) is 6.90. The van der Waals surface area contributed by atoms with Crippen LogP contribution >= 0.6 is 15.9 Å².